The van der Waals surface area contributed by atoms with Crippen molar-refractivity contribution < 1.29 is 23.1 Å². The summed E-state index contributed by atoms with van der Waals surface area (Å²) in [5.41, 5.74) is 1.36. The number of aromatic carboxylic acids is 1. The molecule has 24 heavy (non-hydrogen) atoms. The molecule has 126 valence electrons. The van der Waals surface area contributed by atoms with Crippen LogP contribution in [0.3, 0.4) is 0 Å². The number of anilines is 2. The summed E-state index contributed by atoms with van der Waals surface area (Å²) in [6.45, 7) is 2.19. The van der Waals surface area contributed by atoms with Crippen LogP contribution in [-0.2, 0) is 10.0 Å². The maximum Gasteiger partial charge on any atom is 0.345 e. The van der Waals surface area contributed by atoms with E-state index in [0.717, 1.165) is 23.6 Å². The number of hydrogen-bond acceptors (Lipinski definition) is 6. The Morgan fingerprint density at radius 1 is 1.25 bits per heavy atom. The molecule has 0 spiro atoms. The first-order valence-corrected chi connectivity index (χ1v) is 9.66. The predicted molar refractivity (Wildman–Crippen MR) is 90.0 cm³/mol. The number of rotatable bonds is 3. The molecule has 1 aromatic carbocycles. The highest BCUT2D eigenvalue weighted by molar-refractivity contribution is 7.93. The molecule has 0 amide bonds. The summed E-state index contributed by atoms with van der Waals surface area (Å²) in [5, 5.41) is 10.4. The van der Waals surface area contributed by atoms with Crippen molar-refractivity contribution in [1.29, 1.82) is 0 Å². The van der Waals surface area contributed by atoms with Gasteiger partial charge >= 0.3 is 5.97 Å². The number of thiophene rings is 1. The van der Waals surface area contributed by atoms with E-state index < -0.39 is 16.0 Å². The van der Waals surface area contributed by atoms with Crippen molar-refractivity contribution in [1.82, 2.24) is 0 Å². The Balaban J connectivity index is 1.80. The SMILES string of the molecule is O=C(O)c1cc(S(=O)(=O)N2CCN3CCOc4cccc2c43)cs1. The average Bonchev–Trinajstić information content (AvgIpc) is 3.07. The van der Waals surface area contributed by atoms with Crippen LogP contribution in [0.15, 0.2) is 34.5 Å². The number of carboxylic acid groups (broad SMARTS) is 1. The molecule has 3 heterocycles. The fourth-order valence-electron chi connectivity index (χ4n) is 3.02. The van der Waals surface area contributed by atoms with Crippen molar-refractivity contribution in [2.45, 2.75) is 4.90 Å². The number of nitrogens with zero attached hydrogens (tertiary/aromatic N) is 2. The van der Waals surface area contributed by atoms with Gasteiger partial charge in [0.05, 0.1) is 23.7 Å². The minimum Gasteiger partial charge on any atom is -0.489 e. The molecule has 0 saturated carbocycles. The molecule has 0 unspecified atom stereocenters. The third-order valence-corrected chi connectivity index (χ3v) is 6.99. The molecule has 4 rings (SSSR count). The summed E-state index contributed by atoms with van der Waals surface area (Å²) in [4.78, 5) is 13.2. The zero-order chi connectivity index (χ0) is 16.9. The van der Waals surface area contributed by atoms with Gasteiger partial charge in [0, 0.05) is 11.9 Å². The van der Waals surface area contributed by atoms with Crippen LogP contribution in [0.25, 0.3) is 0 Å². The van der Waals surface area contributed by atoms with Crippen LogP contribution in [0.4, 0.5) is 11.4 Å². The lowest BCUT2D eigenvalue weighted by molar-refractivity contribution is 0.0702. The lowest BCUT2D eigenvalue weighted by atomic mass is 10.1. The third-order valence-electron chi connectivity index (χ3n) is 4.13. The van der Waals surface area contributed by atoms with Crippen molar-refractivity contribution in [2.24, 2.45) is 0 Å². The Labute approximate surface area is 142 Å². The summed E-state index contributed by atoms with van der Waals surface area (Å²) in [5.74, 6) is -0.452. The Hall–Kier alpha value is -2.26. The summed E-state index contributed by atoms with van der Waals surface area (Å²) in [7, 11) is -3.81. The number of carbonyl (C=O) groups is 1. The van der Waals surface area contributed by atoms with Gasteiger partial charge in [-0.15, -0.1) is 11.3 Å². The van der Waals surface area contributed by atoms with Crippen molar-refractivity contribution in [2.75, 3.05) is 35.4 Å². The molecule has 2 aromatic rings. The van der Waals surface area contributed by atoms with Crippen LogP contribution in [0.2, 0.25) is 0 Å². The Morgan fingerprint density at radius 2 is 2.08 bits per heavy atom. The monoisotopic (exact) mass is 366 g/mol. The minimum absolute atomic E-state index is 0.00522. The second kappa shape index (κ2) is 5.38. The molecule has 0 radical (unpaired) electrons. The first kappa shape index (κ1) is 15.3. The predicted octanol–water partition coefficient (Wildman–Crippen LogP) is 1.85. The van der Waals surface area contributed by atoms with Gasteiger partial charge in [-0.2, -0.15) is 0 Å². The maximum absolute atomic E-state index is 13.0. The largest absolute Gasteiger partial charge is 0.489 e. The smallest absolute Gasteiger partial charge is 0.345 e. The molecule has 2 aliphatic rings. The van der Waals surface area contributed by atoms with Gasteiger partial charge in [0.25, 0.3) is 10.0 Å². The lowest BCUT2D eigenvalue weighted by Crippen LogP contribution is -2.46. The fourth-order valence-corrected chi connectivity index (χ4v) is 5.58. The van der Waals surface area contributed by atoms with Crippen LogP contribution in [0.1, 0.15) is 9.67 Å². The fraction of sp³-hybridized carbons (Fsp3) is 0.267. The van der Waals surface area contributed by atoms with E-state index in [2.05, 4.69) is 4.90 Å². The molecule has 9 heteroatoms. The Kier molecular flexibility index (Phi) is 3.43. The minimum atomic E-state index is -3.81. The first-order chi connectivity index (χ1) is 11.5. The van der Waals surface area contributed by atoms with Crippen LogP contribution in [0.5, 0.6) is 5.75 Å². The highest BCUT2D eigenvalue weighted by atomic mass is 32.2. The van der Waals surface area contributed by atoms with Gasteiger partial charge in [0.2, 0.25) is 0 Å². The number of ether oxygens (including phenoxy) is 1. The zero-order valence-electron chi connectivity index (χ0n) is 12.5. The number of benzene rings is 1. The van der Waals surface area contributed by atoms with Crippen LogP contribution < -0.4 is 13.9 Å². The number of para-hydroxylation sites is 1. The standard InChI is InChI=1S/C15H14N2O5S2/c18-15(19)13-8-10(9-23-13)24(20,21)17-5-4-16-6-7-22-12-3-1-2-11(17)14(12)16/h1-3,8-9H,4-7H2,(H,18,19). The van der Waals surface area contributed by atoms with E-state index in [-0.39, 0.29) is 9.77 Å². The molecule has 0 bridgehead atoms. The normalized spacial score (nSPS) is 16.5. The summed E-state index contributed by atoms with van der Waals surface area (Å²) in [6, 6.07) is 6.55. The summed E-state index contributed by atoms with van der Waals surface area (Å²) in [6.07, 6.45) is 0. The second-order valence-corrected chi connectivity index (χ2v) is 8.26. The van der Waals surface area contributed by atoms with E-state index >= 15 is 0 Å². The van der Waals surface area contributed by atoms with Gasteiger partial charge in [0.1, 0.15) is 22.9 Å². The van der Waals surface area contributed by atoms with E-state index in [1.165, 1.54) is 15.8 Å². The molecule has 1 N–H and O–H groups in total. The number of sulfonamides is 1. The molecule has 0 fully saturated rings. The van der Waals surface area contributed by atoms with Crippen molar-refractivity contribution in [3.05, 3.63) is 34.5 Å². The molecular weight excluding hydrogens is 352 g/mol. The molecule has 7 nitrogen and oxygen atoms in total. The van der Waals surface area contributed by atoms with Crippen LogP contribution in [-0.4, -0.2) is 45.7 Å². The molecule has 0 saturated heterocycles. The summed E-state index contributed by atoms with van der Waals surface area (Å²) >= 11 is 0.909. The van der Waals surface area contributed by atoms with Crippen LogP contribution >= 0.6 is 11.3 Å². The quantitative estimate of drug-likeness (QED) is 0.892. The molecule has 0 atom stereocenters. The second-order valence-electron chi connectivity index (χ2n) is 5.49. The van der Waals surface area contributed by atoms with Crippen LogP contribution in [0, 0.1) is 0 Å². The van der Waals surface area contributed by atoms with E-state index in [4.69, 9.17) is 9.84 Å². The van der Waals surface area contributed by atoms with Gasteiger partial charge in [-0.25, -0.2) is 13.2 Å². The number of carboxylic acids is 1. The van der Waals surface area contributed by atoms with E-state index in [9.17, 15) is 13.2 Å². The highest BCUT2D eigenvalue weighted by Crippen LogP contribution is 2.44. The van der Waals surface area contributed by atoms with Crippen molar-refractivity contribution in [3.8, 4) is 5.75 Å². The zero-order valence-corrected chi connectivity index (χ0v) is 14.1. The van der Waals surface area contributed by atoms with E-state index in [1.54, 1.807) is 12.1 Å². The average molecular weight is 366 g/mol. The Bertz CT molecular complexity index is 922. The topological polar surface area (TPSA) is 87.1 Å². The van der Waals surface area contributed by atoms with Crippen molar-refractivity contribution >= 4 is 38.7 Å². The molecule has 0 aliphatic carbocycles. The lowest BCUT2D eigenvalue weighted by Gasteiger charge is -2.41. The van der Waals surface area contributed by atoms with Gasteiger partial charge < -0.3 is 14.7 Å². The van der Waals surface area contributed by atoms with Gasteiger partial charge in [-0.3, -0.25) is 4.31 Å². The number of hydrogen-bond donors (Lipinski definition) is 1. The third kappa shape index (κ3) is 2.23. The van der Waals surface area contributed by atoms with Crippen molar-refractivity contribution in [3.63, 3.8) is 0 Å². The van der Waals surface area contributed by atoms with Gasteiger partial charge in [-0.05, 0) is 18.2 Å². The molecule has 2 aliphatic heterocycles. The summed E-state index contributed by atoms with van der Waals surface area (Å²) < 4.78 is 33.0. The molecule has 1 aromatic heterocycles. The van der Waals surface area contributed by atoms with E-state index in [0.29, 0.717) is 31.1 Å². The van der Waals surface area contributed by atoms with E-state index in [1.807, 2.05) is 6.07 Å². The Morgan fingerprint density at radius 3 is 2.83 bits per heavy atom. The molecular formula is C15H14N2O5S2. The first-order valence-electron chi connectivity index (χ1n) is 7.34. The maximum atomic E-state index is 13.0. The van der Waals surface area contributed by atoms with Gasteiger partial charge in [-0.1, -0.05) is 6.07 Å². The highest BCUT2D eigenvalue weighted by Gasteiger charge is 2.35. The van der Waals surface area contributed by atoms with Gasteiger partial charge in [0.15, 0.2) is 0 Å².